The number of carbonyl (C=O) groups excluding carboxylic acids is 2. The average Bonchev–Trinajstić information content (AvgIpc) is 2.64. The molecule has 136 valence electrons. The first-order valence-corrected chi connectivity index (χ1v) is 8.68. The van der Waals surface area contributed by atoms with Gasteiger partial charge in [0.1, 0.15) is 11.9 Å². The van der Waals surface area contributed by atoms with Crippen LogP contribution in [0.3, 0.4) is 0 Å². The second-order valence-electron chi connectivity index (χ2n) is 6.17. The maximum atomic E-state index is 13.9. The molecule has 0 spiro atoms. The molecule has 2 amide bonds. The van der Waals surface area contributed by atoms with Crippen LogP contribution in [0.1, 0.15) is 22.0 Å². The Balaban J connectivity index is 1.71. The Morgan fingerprint density at radius 1 is 1.04 bits per heavy atom. The molecule has 2 aromatic rings. The monoisotopic (exact) mass is 375 g/mol. The van der Waals surface area contributed by atoms with E-state index in [4.69, 9.17) is 17.3 Å². The minimum Gasteiger partial charge on any atom is -0.368 e. The van der Waals surface area contributed by atoms with Crippen LogP contribution in [0, 0.1) is 5.82 Å². The van der Waals surface area contributed by atoms with Gasteiger partial charge in [0, 0.05) is 31.2 Å². The molecule has 1 unspecified atom stereocenters. The smallest absolute Gasteiger partial charge is 0.256 e. The molecule has 7 heteroatoms. The fraction of sp³-hybridized carbons (Fsp3) is 0.263. The summed E-state index contributed by atoms with van der Waals surface area (Å²) in [7, 11) is 0. The molecule has 0 aromatic heterocycles. The van der Waals surface area contributed by atoms with Gasteiger partial charge in [-0.1, -0.05) is 41.9 Å². The predicted molar refractivity (Wildman–Crippen MR) is 97.3 cm³/mol. The van der Waals surface area contributed by atoms with E-state index < -0.39 is 23.7 Å². The number of amides is 2. The summed E-state index contributed by atoms with van der Waals surface area (Å²) in [5.41, 5.74) is 6.38. The van der Waals surface area contributed by atoms with Crippen LogP contribution in [0.5, 0.6) is 0 Å². The quantitative estimate of drug-likeness (QED) is 0.892. The lowest BCUT2D eigenvalue weighted by atomic mass is 10.0. The SMILES string of the molecule is NC(=O)C(c1ccccc1)N1CCN(C(=O)c2cc(Cl)ccc2F)CC1. The van der Waals surface area contributed by atoms with E-state index in [1.165, 1.54) is 18.2 Å². The van der Waals surface area contributed by atoms with Gasteiger partial charge in [-0.3, -0.25) is 14.5 Å². The molecule has 5 nitrogen and oxygen atoms in total. The Kier molecular flexibility index (Phi) is 5.54. The number of rotatable bonds is 4. The molecule has 0 aliphatic carbocycles. The van der Waals surface area contributed by atoms with Gasteiger partial charge < -0.3 is 10.6 Å². The minimum absolute atomic E-state index is 0.0412. The van der Waals surface area contributed by atoms with Gasteiger partial charge in [-0.15, -0.1) is 0 Å². The summed E-state index contributed by atoms with van der Waals surface area (Å²) in [5, 5.41) is 0.311. The molecule has 0 bridgehead atoms. The number of nitrogens with zero attached hydrogens (tertiary/aromatic N) is 2. The van der Waals surface area contributed by atoms with Crippen LogP contribution in [0.15, 0.2) is 48.5 Å². The summed E-state index contributed by atoms with van der Waals surface area (Å²) in [4.78, 5) is 28.0. The molecule has 1 aliphatic rings. The molecular weight excluding hydrogens is 357 g/mol. The normalized spacial score (nSPS) is 16.3. The number of benzene rings is 2. The van der Waals surface area contributed by atoms with Crippen molar-refractivity contribution in [2.24, 2.45) is 5.73 Å². The molecule has 1 heterocycles. The molecule has 1 saturated heterocycles. The van der Waals surface area contributed by atoms with Crippen LogP contribution in [0.25, 0.3) is 0 Å². The highest BCUT2D eigenvalue weighted by molar-refractivity contribution is 6.31. The lowest BCUT2D eigenvalue weighted by molar-refractivity contribution is -0.124. The van der Waals surface area contributed by atoms with Gasteiger partial charge >= 0.3 is 0 Å². The summed E-state index contributed by atoms with van der Waals surface area (Å²) < 4.78 is 13.9. The van der Waals surface area contributed by atoms with Crippen LogP contribution < -0.4 is 5.73 Å². The van der Waals surface area contributed by atoms with Crippen molar-refractivity contribution in [2.75, 3.05) is 26.2 Å². The third-order valence-corrected chi connectivity index (χ3v) is 4.75. The van der Waals surface area contributed by atoms with Crippen LogP contribution in [-0.2, 0) is 4.79 Å². The molecular formula is C19H19ClFN3O2. The summed E-state index contributed by atoms with van der Waals surface area (Å²) >= 11 is 5.87. The van der Waals surface area contributed by atoms with E-state index in [0.29, 0.717) is 31.2 Å². The first kappa shape index (κ1) is 18.4. The predicted octanol–water partition coefficient (Wildman–Crippen LogP) is 2.46. The Bertz CT molecular complexity index is 808. The summed E-state index contributed by atoms with van der Waals surface area (Å²) in [6, 6.07) is 12.7. The maximum absolute atomic E-state index is 13.9. The molecule has 1 atom stereocenters. The fourth-order valence-electron chi connectivity index (χ4n) is 3.21. The molecule has 26 heavy (non-hydrogen) atoms. The van der Waals surface area contributed by atoms with E-state index in [-0.39, 0.29) is 5.56 Å². The van der Waals surface area contributed by atoms with Crippen LogP contribution in [0.4, 0.5) is 4.39 Å². The largest absolute Gasteiger partial charge is 0.368 e. The fourth-order valence-corrected chi connectivity index (χ4v) is 3.38. The standard InChI is InChI=1S/C19H19ClFN3O2/c20-14-6-7-16(21)15(12-14)19(26)24-10-8-23(9-11-24)17(18(22)25)13-4-2-1-3-5-13/h1-7,12,17H,8-11H2,(H2,22,25). The first-order chi connectivity index (χ1) is 12.5. The highest BCUT2D eigenvalue weighted by atomic mass is 35.5. The van der Waals surface area contributed by atoms with Gasteiger partial charge in [0.2, 0.25) is 5.91 Å². The topological polar surface area (TPSA) is 66.6 Å². The van der Waals surface area contributed by atoms with E-state index in [1.54, 1.807) is 4.90 Å². The number of nitrogens with two attached hydrogens (primary N) is 1. The van der Waals surface area contributed by atoms with Gasteiger partial charge in [-0.25, -0.2) is 4.39 Å². The summed E-state index contributed by atoms with van der Waals surface area (Å²) in [6.45, 7) is 1.69. The van der Waals surface area contributed by atoms with Crippen LogP contribution >= 0.6 is 11.6 Å². The van der Waals surface area contributed by atoms with Crippen molar-refractivity contribution < 1.29 is 14.0 Å². The van der Waals surface area contributed by atoms with E-state index in [0.717, 1.165) is 5.56 Å². The number of primary amides is 1. The zero-order chi connectivity index (χ0) is 18.7. The Hall–Kier alpha value is -2.44. The lowest BCUT2D eigenvalue weighted by Gasteiger charge is -2.38. The molecule has 1 fully saturated rings. The number of carbonyl (C=O) groups is 2. The van der Waals surface area contributed by atoms with E-state index in [2.05, 4.69) is 0 Å². The summed E-state index contributed by atoms with van der Waals surface area (Å²) in [5.74, 6) is -1.43. The molecule has 2 N–H and O–H groups in total. The average molecular weight is 376 g/mol. The molecule has 2 aromatic carbocycles. The molecule has 0 saturated carbocycles. The van der Waals surface area contributed by atoms with Crippen molar-refractivity contribution in [1.82, 2.24) is 9.80 Å². The highest BCUT2D eigenvalue weighted by Crippen LogP contribution is 2.23. The van der Waals surface area contributed by atoms with Crippen molar-refractivity contribution >= 4 is 23.4 Å². The zero-order valence-electron chi connectivity index (χ0n) is 14.1. The zero-order valence-corrected chi connectivity index (χ0v) is 14.8. The number of piperazine rings is 1. The number of halogens is 2. The molecule has 0 radical (unpaired) electrons. The Morgan fingerprint density at radius 3 is 2.31 bits per heavy atom. The van der Waals surface area contributed by atoms with E-state index in [9.17, 15) is 14.0 Å². The van der Waals surface area contributed by atoms with Gasteiger partial charge in [0.05, 0.1) is 5.56 Å². The minimum atomic E-state index is -0.596. The van der Waals surface area contributed by atoms with Crippen molar-refractivity contribution in [3.05, 3.63) is 70.5 Å². The molecule has 3 rings (SSSR count). The third-order valence-electron chi connectivity index (χ3n) is 4.51. The van der Waals surface area contributed by atoms with Crippen molar-refractivity contribution in [2.45, 2.75) is 6.04 Å². The van der Waals surface area contributed by atoms with Crippen LogP contribution in [0.2, 0.25) is 5.02 Å². The van der Waals surface area contributed by atoms with E-state index in [1.807, 2.05) is 35.2 Å². The number of hydrogen-bond acceptors (Lipinski definition) is 3. The van der Waals surface area contributed by atoms with Gasteiger partial charge in [-0.05, 0) is 23.8 Å². The third kappa shape index (κ3) is 3.86. The van der Waals surface area contributed by atoms with Crippen molar-refractivity contribution in [3.8, 4) is 0 Å². The Labute approximate surface area is 156 Å². The Morgan fingerprint density at radius 2 is 1.69 bits per heavy atom. The molecule has 1 aliphatic heterocycles. The maximum Gasteiger partial charge on any atom is 0.256 e. The summed E-state index contributed by atoms with van der Waals surface area (Å²) in [6.07, 6.45) is 0. The van der Waals surface area contributed by atoms with E-state index >= 15 is 0 Å². The van der Waals surface area contributed by atoms with Crippen LogP contribution in [-0.4, -0.2) is 47.8 Å². The van der Waals surface area contributed by atoms with Crippen molar-refractivity contribution in [1.29, 1.82) is 0 Å². The van der Waals surface area contributed by atoms with Gasteiger partial charge in [-0.2, -0.15) is 0 Å². The number of hydrogen-bond donors (Lipinski definition) is 1. The van der Waals surface area contributed by atoms with Crippen molar-refractivity contribution in [3.63, 3.8) is 0 Å². The first-order valence-electron chi connectivity index (χ1n) is 8.30. The highest BCUT2D eigenvalue weighted by Gasteiger charge is 2.31. The second-order valence-corrected chi connectivity index (χ2v) is 6.60. The van der Waals surface area contributed by atoms with Gasteiger partial charge in [0.25, 0.3) is 5.91 Å². The van der Waals surface area contributed by atoms with Gasteiger partial charge in [0.15, 0.2) is 0 Å². The lowest BCUT2D eigenvalue weighted by Crippen LogP contribution is -2.52. The second kappa shape index (κ2) is 7.85.